The Morgan fingerprint density at radius 1 is 0.538 bits per heavy atom. The van der Waals surface area contributed by atoms with Gasteiger partial charge >= 0.3 is 0 Å². The van der Waals surface area contributed by atoms with Crippen molar-refractivity contribution in [1.82, 2.24) is 0 Å². The van der Waals surface area contributed by atoms with Gasteiger partial charge in [-0.25, -0.2) is 0 Å². The van der Waals surface area contributed by atoms with Crippen LogP contribution in [0.15, 0.2) is 21.8 Å². The van der Waals surface area contributed by atoms with E-state index < -0.39 is 33.3 Å². The fraction of sp³-hybridized carbons (Fsp3) is 0.778. The first-order valence-corrected chi connectivity index (χ1v) is 21.1. The molecule has 0 unspecified atom stereocenters. The van der Waals surface area contributed by atoms with Crippen molar-refractivity contribution in [3.63, 3.8) is 0 Å². The van der Waals surface area contributed by atoms with E-state index in [4.69, 9.17) is 17.7 Å². The van der Waals surface area contributed by atoms with E-state index in [9.17, 15) is 0 Å². The Hall–Kier alpha value is 0.188. The smallest absolute Gasteiger partial charge is 0.213 e. The second-order valence-electron chi connectivity index (χ2n) is 8.88. The molecule has 4 nitrogen and oxygen atoms in total. The summed E-state index contributed by atoms with van der Waals surface area (Å²) < 4.78 is 23.4. The molecule has 0 aliphatic heterocycles. The predicted octanol–water partition coefficient (Wildman–Crippen LogP) is 5.18. The van der Waals surface area contributed by atoms with Gasteiger partial charge in [0.05, 0.1) is 0 Å². The third-order valence-electron chi connectivity index (χ3n) is 5.33. The second-order valence-corrected chi connectivity index (χ2v) is 24.8. The minimum Gasteiger partial charge on any atom is -0.417 e. The van der Waals surface area contributed by atoms with Crippen molar-refractivity contribution in [3.05, 3.63) is 21.8 Å². The highest BCUT2D eigenvalue weighted by Gasteiger charge is 2.34. The van der Waals surface area contributed by atoms with Crippen molar-refractivity contribution in [2.45, 2.75) is 65.2 Å². The molecule has 0 aromatic carbocycles. The zero-order valence-electron chi connectivity index (χ0n) is 19.2. The van der Waals surface area contributed by atoms with E-state index in [1.165, 1.54) is 10.4 Å². The second kappa shape index (κ2) is 10.1. The van der Waals surface area contributed by atoms with Crippen molar-refractivity contribution in [1.29, 1.82) is 0 Å². The van der Waals surface area contributed by atoms with Gasteiger partial charge in [0.25, 0.3) is 0 Å². The summed E-state index contributed by atoms with van der Waals surface area (Å²) in [6, 6.07) is 0. The average Bonchev–Trinajstić information content (AvgIpc) is 2.56. The van der Waals surface area contributed by atoms with Gasteiger partial charge in [0.1, 0.15) is 0 Å². The summed E-state index contributed by atoms with van der Waals surface area (Å²) in [4.78, 5) is 0. The summed E-state index contributed by atoms with van der Waals surface area (Å²) in [6.45, 7) is 18.0. The summed E-state index contributed by atoms with van der Waals surface area (Å²) in [5, 5.41) is 2.89. The van der Waals surface area contributed by atoms with E-state index in [0.717, 1.165) is 12.8 Å². The summed E-state index contributed by atoms with van der Waals surface area (Å²) in [5.74, 6) is 0. The van der Waals surface area contributed by atoms with Gasteiger partial charge in [0.2, 0.25) is 33.3 Å². The minimum atomic E-state index is -1.89. The maximum absolute atomic E-state index is 5.94. The molecule has 0 aromatic heterocycles. The molecule has 8 heteroatoms. The predicted molar refractivity (Wildman–Crippen MR) is 123 cm³/mol. The van der Waals surface area contributed by atoms with Crippen LogP contribution in [-0.2, 0) is 17.7 Å². The van der Waals surface area contributed by atoms with Gasteiger partial charge in [0.15, 0.2) is 0 Å². The molecule has 0 saturated heterocycles. The Kier molecular flexibility index (Phi) is 10.2. The quantitative estimate of drug-likeness (QED) is 0.420. The molecule has 0 atom stereocenters. The van der Waals surface area contributed by atoms with Crippen LogP contribution in [0, 0.1) is 0 Å². The lowest BCUT2D eigenvalue weighted by Gasteiger charge is -2.31. The number of hydrogen-bond donors (Lipinski definition) is 0. The molecule has 0 radical (unpaired) electrons. The lowest BCUT2D eigenvalue weighted by molar-refractivity contribution is 0.405. The van der Waals surface area contributed by atoms with Gasteiger partial charge in [-0.3, -0.25) is 0 Å². The number of rotatable bonds is 11. The monoisotopic (exact) mass is 434 g/mol. The van der Waals surface area contributed by atoms with Crippen molar-refractivity contribution in [2.75, 3.05) is 28.4 Å². The van der Waals surface area contributed by atoms with Crippen molar-refractivity contribution in [2.24, 2.45) is 0 Å². The van der Waals surface area contributed by atoms with Gasteiger partial charge in [0, 0.05) is 28.4 Å². The summed E-state index contributed by atoms with van der Waals surface area (Å²) in [5.41, 5.74) is 4.81. The standard InChI is InChI=1S/C18H42O4Si4/c1-19-23(5,6)15-17(25(9,10)21-3)13-14-18(26(11,12)22-4)16-24(7,8)20-2/h15-16H,13-14H2,1-12H3/b17-15+,18-16+. The molecule has 0 saturated carbocycles. The van der Waals surface area contributed by atoms with Crippen LogP contribution in [0.4, 0.5) is 0 Å². The van der Waals surface area contributed by atoms with E-state index in [1.807, 2.05) is 28.4 Å². The van der Waals surface area contributed by atoms with E-state index in [0.29, 0.717) is 0 Å². The van der Waals surface area contributed by atoms with Crippen molar-refractivity contribution >= 4 is 33.3 Å². The first-order chi connectivity index (χ1) is 11.7. The third-order valence-corrected chi connectivity index (χ3v) is 16.0. The molecule has 0 N–H and O–H groups in total. The van der Waals surface area contributed by atoms with Crippen LogP contribution in [0.25, 0.3) is 0 Å². The zero-order chi connectivity index (χ0) is 20.8. The fourth-order valence-corrected chi connectivity index (χ4v) is 11.6. The van der Waals surface area contributed by atoms with Crippen LogP contribution in [0.2, 0.25) is 52.4 Å². The Morgan fingerprint density at radius 3 is 1.00 bits per heavy atom. The van der Waals surface area contributed by atoms with Gasteiger partial charge in [-0.1, -0.05) is 21.8 Å². The highest BCUT2D eigenvalue weighted by molar-refractivity contribution is 6.84. The Labute approximate surface area is 166 Å². The Balaban J connectivity index is 5.83. The van der Waals surface area contributed by atoms with E-state index in [2.05, 4.69) is 63.8 Å². The third kappa shape index (κ3) is 8.47. The summed E-state index contributed by atoms with van der Waals surface area (Å²) in [6.07, 6.45) is 2.01. The Bertz CT molecular complexity index is 465. The summed E-state index contributed by atoms with van der Waals surface area (Å²) >= 11 is 0. The lowest BCUT2D eigenvalue weighted by atomic mass is 10.3. The van der Waals surface area contributed by atoms with Gasteiger partial charge in [-0.05, 0) is 65.2 Å². The molecule has 0 rings (SSSR count). The molecular formula is C18H42O4Si4. The van der Waals surface area contributed by atoms with Gasteiger partial charge < -0.3 is 17.7 Å². The molecule has 0 aromatic rings. The highest BCUT2D eigenvalue weighted by Crippen LogP contribution is 2.29. The SMILES string of the molecule is CO[Si](C)(C)/C=C(\CC/C(=C\[Si](C)(C)OC)[Si](C)(C)OC)[Si](C)(C)OC. The van der Waals surface area contributed by atoms with E-state index in [1.54, 1.807) is 0 Å². The molecule has 154 valence electrons. The topological polar surface area (TPSA) is 36.9 Å². The molecule has 0 aliphatic rings. The van der Waals surface area contributed by atoms with Crippen molar-refractivity contribution < 1.29 is 17.7 Å². The summed E-state index contributed by atoms with van der Waals surface area (Å²) in [7, 11) is -0.0824. The molecule has 0 fully saturated rings. The van der Waals surface area contributed by atoms with Crippen LogP contribution < -0.4 is 0 Å². The highest BCUT2D eigenvalue weighted by atomic mass is 28.4. The molecule has 0 heterocycles. The lowest BCUT2D eigenvalue weighted by Crippen LogP contribution is -2.38. The van der Waals surface area contributed by atoms with Crippen molar-refractivity contribution in [3.8, 4) is 0 Å². The van der Waals surface area contributed by atoms with E-state index in [-0.39, 0.29) is 0 Å². The number of hydrogen-bond acceptors (Lipinski definition) is 4. The molecule has 0 spiro atoms. The van der Waals surface area contributed by atoms with E-state index >= 15 is 0 Å². The fourth-order valence-electron chi connectivity index (χ4n) is 2.58. The van der Waals surface area contributed by atoms with Crippen LogP contribution >= 0.6 is 0 Å². The minimum absolute atomic E-state index is 1.01. The zero-order valence-corrected chi connectivity index (χ0v) is 23.2. The maximum atomic E-state index is 5.94. The normalized spacial score (nSPS) is 15.5. The largest absolute Gasteiger partial charge is 0.417 e. The molecule has 26 heavy (non-hydrogen) atoms. The van der Waals surface area contributed by atoms with Gasteiger partial charge in [-0.2, -0.15) is 0 Å². The van der Waals surface area contributed by atoms with Crippen LogP contribution in [-0.4, -0.2) is 61.7 Å². The molecule has 0 amide bonds. The van der Waals surface area contributed by atoms with Gasteiger partial charge in [-0.15, -0.1) is 0 Å². The van der Waals surface area contributed by atoms with Crippen LogP contribution in [0.3, 0.4) is 0 Å². The number of allylic oxidation sites excluding steroid dienone is 2. The first-order valence-electron chi connectivity index (χ1n) is 9.31. The molecule has 0 aliphatic carbocycles. The Morgan fingerprint density at radius 2 is 0.808 bits per heavy atom. The molecular weight excluding hydrogens is 393 g/mol. The maximum Gasteiger partial charge on any atom is 0.213 e. The average molecular weight is 435 g/mol. The van der Waals surface area contributed by atoms with Crippen LogP contribution in [0.5, 0.6) is 0 Å². The van der Waals surface area contributed by atoms with Crippen LogP contribution in [0.1, 0.15) is 12.8 Å². The molecule has 0 bridgehead atoms. The first kappa shape index (κ1) is 26.2.